The van der Waals surface area contributed by atoms with Crippen molar-refractivity contribution in [2.75, 3.05) is 5.75 Å². The molecule has 2 heterocycles. The standard InChI is InChI=1S/C16H17N5O2S/c1-10(11-7-17-21(2)8-11)18-14(22)9-24-16-19-13-6-4-3-5-12(13)15(23)20-16/h3-8,10H,9H2,1-2H3,(H,18,22)(H,19,20,23). The van der Waals surface area contributed by atoms with Crippen LogP contribution in [-0.4, -0.2) is 31.4 Å². The zero-order valence-corrected chi connectivity index (χ0v) is 14.1. The number of para-hydroxylation sites is 1. The second-order valence-corrected chi connectivity index (χ2v) is 6.38. The van der Waals surface area contributed by atoms with Gasteiger partial charge in [0.25, 0.3) is 5.56 Å². The van der Waals surface area contributed by atoms with E-state index in [9.17, 15) is 9.59 Å². The summed E-state index contributed by atoms with van der Waals surface area (Å²) in [6.45, 7) is 1.90. The number of carbonyl (C=O) groups excluding carboxylic acids is 1. The Bertz CT molecular complexity index is 933. The summed E-state index contributed by atoms with van der Waals surface area (Å²) in [6, 6.07) is 6.98. The van der Waals surface area contributed by atoms with E-state index >= 15 is 0 Å². The fourth-order valence-electron chi connectivity index (χ4n) is 2.30. The molecule has 1 atom stereocenters. The first-order chi connectivity index (χ1) is 11.5. The molecule has 0 saturated carbocycles. The normalized spacial score (nSPS) is 12.2. The van der Waals surface area contributed by atoms with Crippen LogP contribution in [0.2, 0.25) is 0 Å². The fourth-order valence-corrected chi connectivity index (χ4v) is 2.98. The lowest BCUT2D eigenvalue weighted by Gasteiger charge is -2.11. The molecule has 0 aliphatic rings. The number of benzene rings is 1. The summed E-state index contributed by atoms with van der Waals surface area (Å²) in [4.78, 5) is 31.1. The molecule has 7 nitrogen and oxygen atoms in total. The molecule has 0 fully saturated rings. The minimum absolute atomic E-state index is 0.129. The molecule has 24 heavy (non-hydrogen) atoms. The van der Waals surface area contributed by atoms with Crippen LogP contribution in [0.15, 0.2) is 46.6 Å². The van der Waals surface area contributed by atoms with Gasteiger partial charge in [0, 0.05) is 18.8 Å². The van der Waals surface area contributed by atoms with E-state index in [0.29, 0.717) is 16.1 Å². The van der Waals surface area contributed by atoms with Crippen molar-refractivity contribution in [2.24, 2.45) is 7.05 Å². The molecule has 1 aromatic carbocycles. The number of carbonyl (C=O) groups is 1. The van der Waals surface area contributed by atoms with Crippen LogP contribution < -0.4 is 10.9 Å². The van der Waals surface area contributed by atoms with E-state index in [1.54, 1.807) is 29.1 Å². The smallest absolute Gasteiger partial charge is 0.259 e. The summed E-state index contributed by atoms with van der Waals surface area (Å²) in [5.41, 5.74) is 1.35. The summed E-state index contributed by atoms with van der Waals surface area (Å²) >= 11 is 1.20. The Labute approximate surface area is 142 Å². The van der Waals surface area contributed by atoms with Gasteiger partial charge in [-0.15, -0.1) is 0 Å². The first-order valence-corrected chi connectivity index (χ1v) is 8.41. The van der Waals surface area contributed by atoms with Gasteiger partial charge in [-0.2, -0.15) is 5.10 Å². The first kappa shape index (κ1) is 16.3. The van der Waals surface area contributed by atoms with Gasteiger partial charge in [-0.05, 0) is 19.1 Å². The molecule has 0 spiro atoms. The Morgan fingerprint density at radius 1 is 1.42 bits per heavy atom. The number of nitrogens with zero attached hydrogens (tertiary/aromatic N) is 3. The SMILES string of the molecule is CC(NC(=O)CSc1nc2ccccc2c(=O)[nH]1)c1cnn(C)c1. The second kappa shape index (κ2) is 6.88. The molecule has 0 radical (unpaired) electrons. The highest BCUT2D eigenvalue weighted by atomic mass is 32.2. The highest BCUT2D eigenvalue weighted by molar-refractivity contribution is 7.99. The molecular weight excluding hydrogens is 326 g/mol. The van der Waals surface area contributed by atoms with Gasteiger partial charge in [-0.3, -0.25) is 14.3 Å². The van der Waals surface area contributed by atoms with Crippen molar-refractivity contribution in [1.29, 1.82) is 0 Å². The van der Waals surface area contributed by atoms with Crippen molar-refractivity contribution in [3.63, 3.8) is 0 Å². The summed E-state index contributed by atoms with van der Waals surface area (Å²) in [7, 11) is 1.83. The van der Waals surface area contributed by atoms with Crippen LogP contribution in [0.1, 0.15) is 18.5 Å². The number of rotatable bonds is 5. The van der Waals surface area contributed by atoms with Crippen LogP contribution in [0, 0.1) is 0 Å². The zero-order valence-electron chi connectivity index (χ0n) is 13.3. The molecule has 0 aliphatic carbocycles. The fraction of sp³-hybridized carbons (Fsp3) is 0.250. The van der Waals surface area contributed by atoms with Crippen molar-refractivity contribution < 1.29 is 4.79 Å². The maximum absolute atomic E-state index is 12.1. The number of hydrogen-bond acceptors (Lipinski definition) is 5. The summed E-state index contributed by atoms with van der Waals surface area (Å²) in [6.07, 6.45) is 3.58. The van der Waals surface area contributed by atoms with Gasteiger partial charge in [-0.1, -0.05) is 23.9 Å². The molecule has 1 amide bonds. The van der Waals surface area contributed by atoms with Gasteiger partial charge in [-0.25, -0.2) is 4.98 Å². The summed E-state index contributed by atoms with van der Waals surface area (Å²) in [5, 5.41) is 7.96. The van der Waals surface area contributed by atoms with E-state index in [1.807, 2.05) is 26.2 Å². The molecule has 0 aliphatic heterocycles. The van der Waals surface area contributed by atoms with Crippen molar-refractivity contribution in [3.8, 4) is 0 Å². The Hall–Kier alpha value is -2.61. The number of fused-ring (bicyclic) bond motifs is 1. The van der Waals surface area contributed by atoms with Crippen LogP contribution in [0.5, 0.6) is 0 Å². The quantitative estimate of drug-likeness (QED) is 0.542. The Morgan fingerprint density at radius 3 is 2.96 bits per heavy atom. The maximum Gasteiger partial charge on any atom is 0.259 e. The van der Waals surface area contributed by atoms with Crippen LogP contribution in [0.4, 0.5) is 0 Å². The number of hydrogen-bond donors (Lipinski definition) is 2. The van der Waals surface area contributed by atoms with Crippen molar-refractivity contribution in [3.05, 3.63) is 52.6 Å². The molecule has 0 bridgehead atoms. The van der Waals surface area contributed by atoms with Crippen LogP contribution in [0.25, 0.3) is 10.9 Å². The molecular formula is C16H17N5O2S. The monoisotopic (exact) mass is 343 g/mol. The van der Waals surface area contributed by atoms with E-state index in [4.69, 9.17) is 0 Å². The lowest BCUT2D eigenvalue weighted by atomic mass is 10.2. The van der Waals surface area contributed by atoms with Crippen LogP contribution >= 0.6 is 11.8 Å². The van der Waals surface area contributed by atoms with Crippen LogP contribution in [0.3, 0.4) is 0 Å². The Morgan fingerprint density at radius 2 is 2.21 bits per heavy atom. The molecule has 1 unspecified atom stereocenters. The number of aromatic amines is 1. The number of H-pyrrole nitrogens is 1. The predicted molar refractivity (Wildman–Crippen MR) is 92.9 cm³/mol. The third-order valence-electron chi connectivity index (χ3n) is 3.53. The van der Waals surface area contributed by atoms with Gasteiger partial charge in [0.15, 0.2) is 5.16 Å². The predicted octanol–water partition coefficient (Wildman–Crippen LogP) is 1.63. The minimum atomic E-state index is -0.202. The Kier molecular flexibility index (Phi) is 4.66. The highest BCUT2D eigenvalue weighted by Gasteiger charge is 2.12. The zero-order chi connectivity index (χ0) is 17.1. The number of aryl methyl sites for hydroxylation is 1. The van der Waals surface area contributed by atoms with Gasteiger partial charge < -0.3 is 10.3 Å². The van der Waals surface area contributed by atoms with Gasteiger partial charge in [0.1, 0.15) is 0 Å². The van der Waals surface area contributed by atoms with E-state index < -0.39 is 0 Å². The number of nitrogens with one attached hydrogen (secondary N) is 2. The molecule has 0 saturated heterocycles. The third kappa shape index (κ3) is 3.65. The average molecular weight is 343 g/mol. The molecule has 8 heteroatoms. The summed E-state index contributed by atoms with van der Waals surface area (Å²) in [5.74, 6) is 0.0402. The Balaban J connectivity index is 1.63. The minimum Gasteiger partial charge on any atom is -0.349 e. The molecule has 3 aromatic rings. The second-order valence-electron chi connectivity index (χ2n) is 5.41. The van der Waals surface area contributed by atoms with E-state index in [1.165, 1.54) is 11.8 Å². The average Bonchev–Trinajstić information content (AvgIpc) is 3.00. The van der Waals surface area contributed by atoms with Crippen molar-refractivity contribution >= 4 is 28.6 Å². The van der Waals surface area contributed by atoms with Gasteiger partial charge in [0.05, 0.1) is 28.9 Å². The van der Waals surface area contributed by atoms with E-state index in [2.05, 4.69) is 20.4 Å². The van der Waals surface area contributed by atoms with E-state index in [0.717, 1.165) is 5.56 Å². The lowest BCUT2D eigenvalue weighted by molar-refractivity contribution is -0.119. The maximum atomic E-state index is 12.1. The molecule has 2 aromatic heterocycles. The lowest BCUT2D eigenvalue weighted by Crippen LogP contribution is -2.28. The van der Waals surface area contributed by atoms with Crippen molar-refractivity contribution in [2.45, 2.75) is 18.1 Å². The summed E-state index contributed by atoms with van der Waals surface area (Å²) < 4.78 is 1.69. The third-order valence-corrected chi connectivity index (χ3v) is 4.41. The molecule has 2 N–H and O–H groups in total. The molecule has 3 rings (SSSR count). The van der Waals surface area contributed by atoms with Crippen molar-refractivity contribution in [1.82, 2.24) is 25.1 Å². The molecule has 124 valence electrons. The largest absolute Gasteiger partial charge is 0.349 e. The number of amides is 1. The number of thioether (sulfide) groups is 1. The van der Waals surface area contributed by atoms with Gasteiger partial charge >= 0.3 is 0 Å². The first-order valence-electron chi connectivity index (χ1n) is 7.42. The highest BCUT2D eigenvalue weighted by Crippen LogP contribution is 2.15. The van der Waals surface area contributed by atoms with Gasteiger partial charge in [0.2, 0.25) is 5.91 Å². The van der Waals surface area contributed by atoms with E-state index in [-0.39, 0.29) is 23.3 Å². The van der Waals surface area contributed by atoms with Crippen LogP contribution in [-0.2, 0) is 11.8 Å². The topological polar surface area (TPSA) is 92.7 Å². The number of aromatic nitrogens is 4.